The van der Waals surface area contributed by atoms with Crippen molar-refractivity contribution in [1.29, 1.82) is 0 Å². The van der Waals surface area contributed by atoms with E-state index in [-0.39, 0.29) is 0 Å². The van der Waals surface area contributed by atoms with E-state index in [1.54, 1.807) is 0 Å². The number of rotatable bonds is 4. The van der Waals surface area contributed by atoms with Gasteiger partial charge in [-0.1, -0.05) is 42.8 Å². The van der Waals surface area contributed by atoms with Crippen molar-refractivity contribution in [3.63, 3.8) is 0 Å². The lowest BCUT2D eigenvalue weighted by atomic mass is 9.92. The van der Waals surface area contributed by atoms with Crippen LogP contribution in [0.25, 0.3) is 5.57 Å². The first kappa shape index (κ1) is 13.0. The van der Waals surface area contributed by atoms with Crippen LogP contribution in [0.3, 0.4) is 0 Å². The number of benzene rings is 1. The molecule has 0 bridgehead atoms. The molecule has 0 amide bonds. The Bertz CT molecular complexity index is 363. The third kappa shape index (κ3) is 3.49. The fourth-order valence-electron chi connectivity index (χ4n) is 2.21. The van der Waals surface area contributed by atoms with E-state index in [1.807, 2.05) is 0 Å². The molecule has 0 aromatic heterocycles. The Morgan fingerprint density at radius 2 is 2.06 bits per heavy atom. The monoisotopic (exact) mass is 217 g/mol. The summed E-state index contributed by atoms with van der Waals surface area (Å²) in [5, 5.41) is 0. The predicted molar refractivity (Wildman–Crippen MR) is 72.5 cm³/mol. The highest BCUT2D eigenvalue weighted by molar-refractivity contribution is 5.67. The van der Waals surface area contributed by atoms with E-state index in [9.17, 15) is 0 Å². The quantitative estimate of drug-likeness (QED) is 0.745. The highest BCUT2D eigenvalue weighted by Gasteiger charge is 2.11. The highest BCUT2D eigenvalue weighted by Crippen LogP contribution is 2.24. The van der Waals surface area contributed by atoms with Gasteiger partial charge in [-0.05, 0) is 45.0 Å². The molecule has 0 unspecified atom stereocenters. The van der Waals surface area contributed by atoms with Gasteiger partial charge in [-0.2, -0.15) is 0 Å². The van der Waals surface area contributed by atoms with Gasteiger partial charge < -0.3 is 4.90 Å². The Labute approximate surface area is 99.8 Å². The molecule has 0 aliphatic carbocycles. The van der Waals surface area contributed by atoms with Gasteiger partial charge >= 0.3 is 0 Å². The summed E-state index contributed by atoms with van der Waals surface area (Å²) < 4.78 is 0. The Morgan fingerprint density at radius 3 is 2.56 bits per heavy atom. The Hall–Kier alpha value is -1.08. The van der Waals surface area contributed by atoms with Crippen molar-refractivity contribution in [2.45, 2.75) is 20.8 Å². The van der Waals surface area contributed by atoms with Crippen molar-refractivity contribution in [2.75, 3.05) is 20.6 Å². The van der Waals surface area contributed by atoms with Crippen molar-refractivity contribution in [3.05, 3.63) is 41.5 Å². The summed E-state index contributed by atoms with van der Waals surface area (Å²) in [7, 11) is 4.25. The van der Waals surface area contributed by atoms with Crippen molar-refractivity contribution in [2.24, 2.45) is 5.92 Å². The molecule has 1 nitrogen and oxygen atoms in total. The molecule has 0 aliphatic rings. The molecule has 0 saturated heterocycles. The molecule has 1 rings (SSSR count). The largest absolute Gasteiger partial charge is 0.309 e. The van der Waals surface area contributed by atoms with Crippen molar-refractivity contribution in [1.82, 2.24) is 4.90 Å². The van der Waals surface area contributed by atoms with Crippen LogP contribution in [0.1, 0.15) is 25.0 Å². The molecule has 16 heavy (non-hydrogen) atoms. The van der Waals surface area contributed by atoms with Gasteiger partial charge in [-0.25, -0.2) is 0 Å². The predicted octanol–water partition coefficient (Wildman–Crippen LogP) is 3.60. The summed E-state index contributed by atoms with van der Waals surface area (Å²) in [4.78, 5) is 2.24. The van der Waals surface area contributed by atoms with Crippen LogP contribution in [0.4, 0.5) is 0 Å². The van der Waals surface area contributed by atoms with Crippen LogP contribution in [0, 0.1) is 12.8 Å². The summed E-state index contributed by atoms with van der Waals surface area (Å²) in [6.07, 6.45) is 2.24. The van der Waals surface area contributed by atoms with Gasteiger partial charge in [0.1, 0.15) is 0 Å². The molecular weight excluding hydrogens is 194 g/mol. The van der Waals surface area contributed by atoms with Gasteiger partial charge in [-0.3, -0.25) is 0 Å². The molecule has 88 valence electrons. The normalized spacial score (nSPS) is 14.2. The van der Waals surface area contributed by atoms with Crippen molar-refractivity contribution in [3.8, 4) is 0 Å². The van der Waals surface area contributed by atoms with Crippen LogP contribution in [-0.4, -0.2) is 25.5 Å². The summed E-state index contributed by atoms with van der Waals surface area (Å²) in [5.41, 5.74) is 4.13. The highest BCUT2D eigenvalue weighted by atomic mass is 15.1. The standard InChI is InChI=1S/C15H23N/c1-6-15(13(3)11-16(4)5)14-9-7-8-12(2)10-14/h6-10,13H,11H2,1-5H3/t13-/m0/s1. The second kappa shape index (κ2) is 5.86. The van der Waals surface area contributed by atoms with E-state index < -0.39 is 0 Å². The molecule has 0 saturated carbocycles. The second-order valence-corrected chi connectivity index (χ2v) is 4.78. The summed E-state index contributed by atoms with van der Waals surface area (Å²) in [5.74, 6) is 0.571. The van der Waals surface area contributed by atoms with Gasteiger partial charge in [0.25, 0.3) is 0 Å². The van der Waals surface area contributed by atoms with E-state index in [0.717, 1.165) is 6.54 Å². The molecule has 1 heteroatoms. The van der Waals surface area contributed by atoms with E-state index >= 15 is 0 Å². The summed E-state index contributed by atoms with van der Waals surface area (Å²) in [6, 6.07) is 8.75. The van der Waals surface area contributed by atoms with Gasteiger partial charge in [0.05, 0.1) is 0 Å². The van der Waals surface area contributed by atoms with Crippen LogP contribution in [0.15, 0.2) is 30.3 Å². The van der Waals surface area contributed by atoms with Crippen LogP contribution in [0.2, 0.25) is 0 Å². The molecule has 0 spiro atoms. The van der Waals surface area contributed by atoms with E-state index in [0.29, 0.717) is 5.92 Å². The average Bonchev–Trinajstić information content (AvgIpc) is 2.17. The van der Waals surface area contributed by atoms with E-state index in [1.165, 1.54) is 16.7 Å². The smallest absolute Gasteiger partial charge is 0.00416 e. The minimum Gasteiger partial charge on any atom is -0.309 e. The van der Waals surface area contributed by atoms with Crippen molar-refractivity contribution >= 4 is 5.57 Å². The van der Waals surface area contributed by atoms with Crippen molar-refractivity contribution < 1.29 is 0 Å². The molecule has 0 heterocycles. The SMILES string of the molecule is CC=C(c1cccc(C)c1)[C@@H](C)CN(C)C. The molecule has 0 radical (unpaired) electrons. The summed E-state index contributed by atoms with van der Waals surface area (Å²) >= 11 is 0. The van der Waals surface area contributed by atoms with Crippen LogP contribution in [0.5, 0.6) is 0 Å². The topological polar surface area (TPSA) is 3.24 Å². The number of hydrogen-bond acceptors (Lipinski definition) is 1. The zero-order valence-corrected chi connectivity index (χ0v) is 11.1. The molecular formula is C15H23N. The Kier molecular flexibility index (Phi) is 4.75. The lowest BCUT2D eigenvalue weighted by Gasteiger charge is -2.20. The Morgan fingerprint density at radius 1 is 1.38 bits per heavy atom. The van der Waals surface area contributed by atoms with E-state index in [4.69, 9.17) is 0 Å². The van der Waals surface area contributed by atoms with Gasteiger partial charge in [-0.15, -0.1) is 0 Å². The maximum absolute atomic E-state index is 2.29. The van der Waals surface area contributed by atoms with Gasteiger partial charge in [0.2, 0.25) is 0 Å². The molecule has 0 fully saturated rings. The first-order chi connectivity index (χ1) is 7.54. The maximum Gasteiger partial charge on any atom is 0.00416 e. The molecule has 1 aromatic carbocycles. The third-order valence-corrected chi connectivity index (χ3v) is 2.83. The molecule has 1 atom stereocenters. The second-order valence-electron chi connectivity index (χ2n) is 4.78. The fourth-order valence-corrected chi connectivity index (χ4v) is 2.21. The van der Waals surface area contributed by atoms with Crippen LogP contribution < -0.4 is 0 Å². The minimum absolute atomic E-state index is 0.571. The first-order valence-electron chi connectivity index (χ1n) is 5.92. The number of allylic oxidation sites excluding steroid dienone is 1. The van der Waals surface area contributed by atoms with E-state index in [2.05, 4.69) is 70.1 Å². The van der Waals surface area contributed by atoms with Crippen LogP contribution >= 0.6 is 0 Å². The zero-order chi connectivity index (χ0) is 12.1. The number of aryl methyl sites for hydroxylation is 1. The van der Waals surface area contributed by atoms with Gasteiger partial charge in [0.15, 0.2) is 0 Å². The first-order valence-corrected chi connectivity index (χ1v) is 5.92. The maximum atomic E-state index is 2.29. The lowest BCUT2D eigenvalue weighted by molar-refractivity contribution is 0.376. The lowest BCUT2D eigenvalue weighted by Crippen LogP contribution is -2.20. The summed E-state index contributed by atoms with van der Waals surface area (Å²) in [6.45, 7) is 7.66. The molecule has 1 aromatic rings. The Balaban J connectivity index is 2.91. The number of hydrogen-bond donors (Lipinski definition) is 0. The third-order valence-electron chi connectivity index (χ3n) is 2.83. The molecule has 0 N–H and O–H groups in total. The van der Waals surface area contributed by atoms with Gasteiger partial charge in [0, 0.05) is 6.54 Å². The zero-order valence-electron chi connectivity index (χ0n) is 11.1. The number of nitrogens with zero attached hydrogens (tertiary/aromatic N) is 1. The average molecular weight is 217 g/mol. The molecule has 0 aliphatic heterocycles. The minimum atomic E-state index is 0.571. The fraction of sp³-hybridized carbons (Fsp3) is 0.467. The van der Waals surface area contributed by atoms with Crippen LogP contribution in [-0.2, 0) is 0 Å².